The van der Waals surface area contributed by atoms with E-state index in [2.05, 4.69) is 10.6 Å². The highest BCUT2D eigenvalue weighted by Crippen LogP contribution is 2.11. The van der Waals surface area contributed by atoms with Gasteiger partial charge >= 0.3 is 0 Å². The molecule has 2 atom stereocenters. The van der Waals surface area contributed by atoms with Crippen LogP contribution in [0.15, 0.2) is 0 Å². The monoisotopic (exact) mass is 198 g/mol. The first kappa shape index (κ1) is 9.93. The SMILES string of the molecule is O=C1CCC(CNCC2CCCO2)N1. The zero-order chi connectivity index (χ0) is 9.80. The number of rotatable bonds is 4. The summed E-state index contributed by atoms with van der Waals surface area (Å²) in [4.78, 5) is 10.9. The first-order valence-corrected chi connectivity index (χ1v) is 5.46. The van der Waals surface area contributed by atoms with Crippen LogP contribution in [0.1, 0.15) is 25.7 Å². The van der Waals surface area contributed by atoms with Crippen LogP contribution in [-0.2, 0) is 9.53 Å². The number of nitrogens with one attached hydrogen (secondary N) is 2. The molecule has 0 spiro atoms. The third kappa shape index (κ3) is 2.69. The maximum Gasteiger partial charge on any atom is 0.220 e. The van der Waals surface area contributed by atoms with Gasteiger partial charge in [0, 0.05) is 32.2 Å². The second-order valence-corrected chi connectivity index (χ2v) is 4.10. The van der Waals surface area contributed by atoms with Crippen molar-refractivity contribution in [3.63, 3.8) is 0 Å². The van der Waals surface area contributed by atoms with Crippen molar-refractivity contribution < 1.29 is 9.53 Å². The van der Waals surface area contributed by atoms with E-state index in [1.165, 1.54) is 12.8 Å². The van der Waals surface area contributed by atoms with Crippen LogP contribution in [0.25, 0.3) is 0 Å². The quantitative estimate of drug-likeness (QED) is 0.670. The molecule has 0 radical (unpaired) electrons. The van der Waals surface area contributed by atoms with Crippen LogP contribution in [0.4, 0.5) is 0 Å². The van der Waals surface area contributed by atoms with Crippen molar-refractivity contribution >= 4 is 5.91 Å². The maximum absolute atomic E-state index is 10.9. The molecule has 4 nitrogen and oxygen atoms in total. The van der Waals surface area contributed by atoms with E-state index in [0.717, 1.165) is 26.1 Å². The predicted molar refractivity (Wildman–Crippen MR) is 53.0 cm³/mol. The molecule has 2 heterocycles. The molecule has 0 bridgehead atoms. The topological polar surface area (TPSA) is 50.4 Å². The lowest BCUT2D eigenvalue weighted by atomic mass is 10.2. The second-order valence-electron chi connectivity index (χ2n) is 4.10. The highest BCUT2D eigenvalue weighted by atomic mass is 16.5. The third-order valence-electron chi connectivity index (χ3n) is 2.87. The Morgan fingerprint density at radius 2 is 2.36 bits per heavy atom. The van der Waals surface area contributed by atoms with Crippen molar-refractivity contribution in [2.24, 2.45) is 0 Å². The molecule has 2 aliphatic rings. The highest BCUT2D eigenvalue weighted by molar-refractivity contribution is 5.78. The largest absolute Gasteiger partial charge is 0.377 e. The fourth-order valence-electron chi connectivity index (χ4n) is 2.05. The molecule has 2 unspecified atom stereocenters. The van der Waals surface area contributed by atoms with Crippen LogP contribution in [0.3, 0.4) is 0 Å². The van der Waals surface area contributed by atoms with Gasteiger partial charge in [-0.3, -0.25) is 4.79 Å². The fourth-order valence-corrected chi connectivity index (χ4v) is 2.05. The van der Waals surface area contributed by atoms with Crippen LogP contribution in [-0.4, -0.2) is 37.7 Å². The van der Waals surface area contributed by atoms with Gasteiger partial charge in [0.05, 0.1) is 6.10 Å². The minimum atomic E-state index is 0.189. The van der Waals surface area contributed by atoms with Gasteiger partial charge in [-0.05, 0) is 19.3 Å². The fraction of sp³-hybridized carbons (Fsp3) is 0.900. The number of hydrogen-bond acceptors (Lipinski definition) is 3. The van der Waals surface area contributed by atoms with E-state index in [4.69, 9.17) is 4.74 Å². The Kier molecular flexibility index (Phi) is 3.37. The third-order valence-corrected chi connectivity index (χ3v) is 2.87. The number of carbonyl (C=O) groups is 1. The Balaban J connectivity index is 1.56. The second kappa shape index (κ2) is 4.75. The summed E-state index contributed by atoms with van der Waals surface area (Å²) in [6.45, 7) is 2.71. The predicted octanol–water partition coefficient (Wildman–Crippen LogP) is 0.0336. The molecule has 2 aliphatic heterocycles. The van der Waals surface area contributed by atoms with E-state index in [1.54, 1.807) is 0 Å². The Bertz CT molecular complexity index is 202. The molecule has 2 fully saturated rings. The number of hydrogen-bond donors (Lipinski definition) is 2. The van der Waals surface area contributed by atoms with Gasteiger partial charge in [-0.2, -0.15) is 0 Å². The van der Waals surface area contributed by atoms with Crippen LogP contribution < -0.4 is 10.6 Å². The maximum atomic E-state index is 10.9. The molecule has 0 aromatic rings. The van der Waals surface area contributed by atoms with Gasteiger partial charge in [0.25, 0.3) is 0 Å². The minimum Gasteiger partial charge on any atom is -0.377 e. The average molecular weight is 198 g/mol. The van der Waals surface area contributed by atoms with Crippen LogP contribution in [0.5, 0.6) is 0 Å². The van der Waals surface area contributed by atoms with Crippen molar-refractivity contribution in [2.75, 3.05) is 19.7 Å². The Morgan fingerprint density at radius 3 is 3.00 bits per heavy atom. The zero-order valence-corrected chi connectivity index (χ0v) is 8.42. The molecule has 2 saturated heterocycles. The Labute approximate surface area is 84.4 Å². The van der Waals surface area contributed by atoms with Gasteiger partial charge < -0.3 is 15.4 Å². The van der Waals surface area contributed by atoms with Crippen LogP contribution in [0, 0.1) is 0 Å². The number of carbonyl (C=O) groups excluding carboxylic acids is 1. The van der Waals surface area contributed by atoms with Gasteiger partial charge in [0.15, 0.2) is 0 Å². The normalized spacial score (nSPS) is 32.1. The van der Waals surface area contributed by atoms with Crippen molar-refractivity contribution in [3.8, 4) is 0 Å². The molecular formula is C10H18N2O2. The summed E-state index contributed by atoms with van der Waals surface area (Å²) in [7, 11) is 0. The summed E-state index contributed by atoms with van der Waals surface area (Å²) >= 11 is 0. The first-order valence-electron chi connectivity index (χ1n) is 5.46. The molecule has 0 aromatic heterocycles. The van der Waals surface area contributed by atoms with E-state index < -0.39 is 0 Å². The molecule has 0 aromatic carbocycles. The average Bonchev–Trinajstić information content (AvgIpc) is 2.77. The standard InChI is InChI=1S/C10H18N2O2/c13-10-4-3-8(12-10)6-11-7-9-2-1-5-14-9/h8-9,11H,1-7H2,(H,12,13). The van der Waals surface area contributed by atoms with Gasteiger partial charge in [-0.15, -0.1) is 0 Å². The van der Waals surface area contributed by atoms with Crippen molar-refractivity contribution in [3.05, 3.63) is 0 Å². The van der Waals surface area contributed by atoms with Crippen molar-refractivity contribution in [1.82, 2.24) is 10.6 Å². The minimum absolute atomic E-state index is 0.189. The molecule has 2 rings (SSSR count). The smallest absolute Gasteiger partial charge is 0.220 e. The lowest BCUT2D eigenvalue weighted by Crippen LogP contribution is -2.38. The van der Waals surface area contributed by atoms with E-state index in [-0.39, 0.29) is 5.91 Å². The summed E-state index contributed by atoms with van der Waals surface area (Å²) in [5.41, 5.74) is 0. The Hall–Kier alpha value is -0.610. The lowest BCUT2D eigenvalue weighted by Gasteiger charge is -2.14. The highest BCUT2D eigenvalue weighted by Gasteiger charge is 2.21. The summed E-state index contributed by atoms with van der Waals surface area (Å²) < 4.78 is 5.49. The molecular weight excluding hydrogens is 180 g/mol. The van der Waals surface area contributed by atoms with Gasteiger partial charge in [-0.1, -0.05) is 0 Å². The molecule has 4 heteroatoms. The molecule has 2 N–H and O–H groups in total. The van der Waals surface area contributed by atoms with Crippen LogP contribution >= 0.6 is 0 Å². The van der Waals surface area contributed by atoms with E-state index in [0.29, 0.717) is 18.6 Å². The zero-order valence-electron chi connectivity index (χ0n) is 8.42. The lowest BCUT2D eigenvalue weighted by molar-refractivity contribution is -0.119. The molecule has 14 heavy (non-hydrogen) atoms. The summed E-state index contributed by atoms with van der Waals surface area (Å²) in [6.07, 6.45) is 4.41. The summed E-state index contributed by atoms with van der Waals surface area (Å²) in [6, 6.07) is 0.337. The van der Waals surface area contributed by atoms with E-state index in [1.807, 2.05) is 0 Å². The van der Waals surface area contributed by atoms with Crippen molar-refractivity contribution in [1.29, 1.82) is 0 Å². The van der Waals surface area contributed by atoms with Crippen LogP contribution in [0.2, 0.25) is 0 Å². The molecule has 0 aliphatic carbocycles. The first-order chi connectivity index (χ1) is 6.84. The molecule has 0 saturated carbocycles. The van der Waals surface area contributed by atoms with E-state index >= 15 is 0 Å². The summed E-state index contributed by atoms with van der Waals surface area (Å²) in [5, 5.41) is 6.29. The summed E-state index contributed by atoms with van der Waals surface area (Å²) in [5.74, 6) is 0.189. The van der Waals surface area contributed by atoms with Crippen molar-refractivity contribution in [2.45, 2.75) is 37.8 Å². The van der Waals surface area contributed by atoms with E-state index in [9.17, 15) is 4.79 Å². The van der Waals surface area contributed by atoms with Gasteiger partial charge in [-0.25, -0.2) is 0 Å². The van der Waals surface area contributed by atoms with Gasteiger partial charge in [0.2, 0.25) is 5.91 Å². The molecule has 80 valence electrons. The van der Waals surface area contributed by atoms with Gasteiger partial charge in [0.1, 0.15) is 0 Å². The Morgan fingerprint density at radius 1 is 1.43 bits per heavy atom. The number of amides is 1. The molecule has 1 amide bonds. The number of ether oxygens (including phenoxy) is 1.